The Morgan fingerprint density at radius 2 is 1.91 bits per heavy atom. The average Bonchev–Trinajstić information content (AvgIpc) is 3.48. The van der Waals surface area contributed by atoms with Crippen LogP contribution in [0.4, 0.5) is 0 Å². The van der Waals surface area contributed by atoms with Gasteiger partial charge in [0.15, 0.2) is 0 Å². The van der Waals surface area contributed by atoms with Crippen molar-refractivity contribution in [3.05, 3.63) is 104 Å². The summed E-state index contributed by atoms with van der Waals surface area (Å²) >= 11 is 0. The summed E-state index contributed by atoms with van der Waals surface area (Å²) in [6.45, 7) is 4.00. The molecule has 5 aromatic rings. The highest BCUT2D eigenvalue weighted by Gasteiger charge is 2.14. The average molecular weight is 443 g/mol. The number of oxazole rings is 1. The highest BCUT2D eigenvalue weighted by molar-refractivity contribution is 5.82. The zero-order valence-electron chi connectivity index (χ0n) is 18.1. The van der Waals surface area contributed by atoms with Crippen LogP contribution < -0.4 is 11.4 Å². The Hall–Kier alpha value is -4.33. The van der Waals surface area contributed by atoms with Gasteiger partial charge in [0.2, 0.25) is 5.89 Å². The first-order chi connectivity index (χ1) is 16.0. The summed E-state index contributed by atoms with van der Waals surface area (Å²) < 4.78 is 17.6. The van der Waals surface area contributed by atoms with E-state index < -0.39 is 11.4 Å². The van der Waals surface area contributed by atoms with Gasteiger partial charge < -0.3 is 13.4 Å². The number of hydrogen-bond acceptors (Lipinski definition) is 6. The molecule has 5 rings (SSSR count). The number of nitrogens with zero attached hydrogens (tertiary/aromatic N) is 2. The van der Waals surface area contributed by atoms with Crippen LogP contribution in [-0.4, -0.2) is 14.7 Å². The van der Waals surface area contributed by atoms with Gasteiger partial charge in [-0.3, -0.25) is 0 Å². The Kier molecular flexibility index (Phi) is 5.18. The second-order valence-corrected chi connectivity index (χ2v) is 7.79. The topological polar surface area (TPSA) is 107 Å². The Morgan fingerprint density at radius 3 is 2.67 bits per heavy atom. The molecule has 0 amide bonds. The largest absolute Gasteiger partial charge is 0.461 e. The van der Waals surface area contributed by atoms with Gasteiger partial charge in [0.05, 0.1) is 18.7 Å². The van der Waals surface area contributed by atoms with Crippen molar-refractivity contribution in [1.29, 1.82) is 0 Å². The molecule has 3 heterocycles. The number of aromatic amines is 1. The molecule has 0 aliphatic heterocycles. The van der Waals surface area contributed by atoms with E-state index in [1.807, 2.05) is 74.5 Å². The number of nitrogens with one attached hydrogen (secondary N) is 1. The minimum Gasteiger partial charge on any atom is -0.461 e. The lowest BCUT2D eigenvalue weighted by molar-refractivity contribution is 0.261. The first-order valence-corrected chi connectivity index (χ1v) is 10.5. The standard InChI is InChI=1S/C25H21N3O5/c1-15(10-11-28-24(29)27-25(30)33-28)18-8-9-22-19(12-18)13-20(32-22)14-21-16(2)31-23(26-21)17-6-4-3-5-7-17/h3-10,12-13H,11,14H2,1-2H3,(H,27,29,30). The van der Waals surface area contributed by atoms with E-state index in [4.69, 9.17) is 13.4 Å². The quantitative estimate of drug-likeness (QED) is 0.413. The van der Waals surface area contributed by atoms with Crippen LogP contribution in [-0.2, 0) is 13.0 Å². The summed E-state index contributed by atoms with van der Waals surface area (Å²) in [4.78, 5) is 29.4. The van der Waals surface area contributed by atoms with Crippen molar-refractivity contribution in [1.82, 2.24) is 14.7 Å². The molecule has 0 radical (unpaired) electrons. The van der Waals surface area contributed by atoms with Gasteiger partial charge in [-0.05, 0) is 55.3 Å². The SMILES string of the molecule is CC(=CCn1oc(=O)[nH]c1=O)c1ccc2oc(Cc3nc(-c4ccccc4)oc3C)cc2c1. The number of aromatic nitrogens is 3. The molecule has 0 saturated carbocycles. The molecule has 0 aliphatic rings. The van der Waals surface area contributed by atoms with Crippen molar-refractivity contribution in [3.8, 4) is 11.5 Å². The molecule has 2 aromatic carbocycles. The number of allylic oxidation sites excluding steroid dienone is 2. The van der Waals surface area contributed by atoms with Gasteiger partial charge in [0.1, 0.15) is 17.1 Å². The fourth-order valence-electron chi connectivity index (χ4n) is 3.66. The smallest absolute Gasteiger partial charge is 0.440 e. The molecule has 1 N–H and O–H groups in total. The highest BCUT2D eigenvalue weighted by Crippen LogP contribution is 2.27. The zero-order valence-corrected chi connectivity index (χ0v) is 18.1. The van der Waals surface area contributed by atoms with Crippen molar-refractivity contribution < 1.29 is 13.4 Å². The molecule has 33 heavy (non-hydrogen) atoms. The zero-order chi connectivity index (χ0) is 22.9. The lowest BCUT2D eigenvalue weighted by atomic mass is 10.1. The van der Waals surface area contributed by atoms with E-state index in [-0.39, 0.29) is 6.54 Å². The summed E-state index contributed by atoms with van der Waals surface area (Å²) in [5, 5.41) is 0.963. The summed E-state index contributed by atoms with van der Waals surface area (Å²) in [7, 11) is 0. The second-order valence-electron chi connectivity index (χ2n) is 7.79. The van der Waals surface area contributed by atoms with Gasteiger partial charge in [0.25, 0.3) is 0 Å². The van der Waals surface area contributed by atoms with Gasteiger partial charge in [-0.1, -0.05) is 30.3 Å². The first-order valence-electron chi connectivity index (χ1n) is 10.5. The predicted molar refractivity (Wildman–Crippen MR) is 123 cm³/mol. The van der Waals surface area contributed by atoms with Crippen LogP contribution in [0.25, 0.3) is 28.0 Å². The lowest BCUT2D eigenvalue weighted by Gasteiger charge is -2.01. The van der Waals surface area contributed by atoms with Crippen LogP contribution in [0.2, 0.25) is 0 Å². The molecule has 8 nitrogen and oxygen atoms in total. The van der Waals surface area contributed by atoms with Crippen molar-refractivity contribution in [3.63, 3.8) is 0 Å². The van der Waals surface area contributed by atoms with E-state index in [1.165, 1.54) is 0 Å². The highest BCUT2D eigenvalue weighted by atomic mass is 16.5. The maximum atomic E-state index is 11.6. The maximum Gasteiger partial charge on any atom is 0.440 e. The molecule has 166 valence electrons. The fraction of sp³-hybridized carbons (Fsp3) is 0.160. The van der Waals surface area contributed by atoms with E-state index >= 15 is 0 Å². The van der Waals surface area contributed by atoms with Crippen LogP contribution in [0.3, 0.4) is 0 Å². The van der Waals surface area contributed by atoms with Crippen molar-refractivity contribution in [2.75, 3.05) is 0 Å². The van der Waals surface area contributed by atoms with Crippen LogP contribution in [0.15, 0.2) is 83.6 Å². The molecule has 8 heteroatoms. The Balaban J connectivity index is 1.37. The molecule has 0 aliphatic carbocycles. The van der Waals surface area contributed by atoms with Gasteiger partial charge in [-0.15, -0.1) is 4.74 Å². The maximum absolute atomic E-state index is 11.6. The number of aryl methyl sites for hydroxylation is 1. The van der Waals surface area contributed by atoms with Crippen molar-refractivity contribution in [2.24, 2.45) is 0 Å². The first kappa shape index (κ1) is 20.6. The van der Waals surface area contributed by atoms with E-state index in [0.29, 0.717) is 12.3 Å². The fourth-order valence-corrected chi connectivity index (χ4v) is 3.66. The van der Waals surface area contributed by atoms with Crippen molar-refractivity contribution >= 4 is 16.5 Å². The molecule has 0 saturated heterocycles. The van der Waals surface area contributed by atoms with E-state index in [1.54, 1.807) is 0 Å². The third kappa shape index (κ3) is 4.23. The summed E-state index contributed by atoms with van der Waals surface area (Å²) in [5.41, 5.74) is 3.89. The van der Waals surface area contributed by atoms with E-state index in [9.17, 15) is 9.59 Å². The third-order valence-electron chi connectivity index (χ3n) is 5.47. The molecule has 0 spiro atoms. The lowest BCUT2D eigenvalue weighted by Crippen LogP contribution is -2.15. The van der Waals surface area contributed by atoms with Gasteiger partial charge in [-0.25, -0.2) is 19.6 Å². The predicted octanol–water partition coefficient (Wildman–Crippen LogP) is 4.53. The van der Waals surface area contributed by atoms with Gasteiger partial charge >= 0.3 is 11.4 Å². The van der Waals surface area contributed by atoms with Crippen molar-refractivity contribution in [2.45, 2.75) is 26.8 Å². The van der Waals surface area contributed by atoms with E-state index in [2.05, 4.69) is 9.97 Å². The molecule has 3 aromatic heterocycles. The minimum atomic E-state index is -0.767. The molecular formula is C25H21N3O5. The molecular weight excluding hydrogens is 422 g/mol. The van der Waals surface area contributed by atoms with Gasteiger partial charge in [-0.2, -0.15) is 0 Å². The number of H-pyrrole nitrogens is 1. The Bertz CT molecular complexity index is 1580. The Labute approximate surface area is 187 Å². The number of rotatable bonds is 6. The molecule has 0 unspecified atom stereocenters. The van der Waals surface area contributed by atoms with Gasteiger partial charge in [0, 0.05) is 10.9 Å². The summed E-state index contributed by atoms with van der Waals surface area (Å²) in [5.74, 6) is 1.39. The minimum absolute atomic E-state index is 0.160. The van der Waals surface area contributed by atoms with Crippen LogP contribution in [0.1, 0.15) is 29.7 Å². The Morgan fingerprint density at radius 1 is 1.09 bits per heavy atom. The second kappa shape index (κ2) is 8.31. The number of furan rings is 1. The summed E-state index contributed by atoms with van der Waals surface area (Å²) in [6.07, 6.45) is 2.35. The monoisotopic (exact) mass is 443 g/mol. The number of hydrogen-bond donors (Lipinski definition) is 1. The number of fused-ring (bicyclic) bond motifs is 1. The third-order valence-corrected chi connectivity index (χ3v) is 5.47. The number of benzene rings is 2. The summed E-state index contributed by atoms with van der Waals surface area (Å²) in [6, 6.07) is 17.7. The van der Waals surface area contributed by atoms with Crippen LogP contribution in [0.5, 0.6) is 0 Å². The van der Waals surface area contributed by atoms with Crippen LogP contribution >= 0.6 is 0 Å². The van der Waals surface area contributed by atoms with Crippen LogP contribution in [0, 0.1) is 6.92 Å². The van der Waals surface area contributed by atoms with E-state index in [0.717, 1.165) is 49.6 Å². The molecule has 0 bridgehead atoms. The molecule has 0 atom stereocenters. The normalized spacial score (nSPS) is 12.0. The molecule has 0 fully saturated rings.